The molecule has 1 aromatic carbocycles. The van der Waals surface area contributed by atoms with Crippen molar-refractivity contribution in [1.29, 1.82) is 0 Å². The van der Waals surface area contributed by atoms with E-state index < -0.39 is 0 Å². The largest absolute Gasteiger partial charge is 0.489 e. The van der Waals surface area contributed by atoms with Gasteiger partial charge >= 0.3 is 0 Å². The van der Waals surface area contributed by atoms with E-state index in [1.165, 1.54) is 12.1 Å². The molecule has 5 heteroatoms. The van der Waals surface area contributed by atoms with Crippen LogP contribution >= 0.6 is 0 Å². The predicted molar refractivity (Wildman–Crippen MR) is 76.2 cm³/mol. The van der Waals surface area contributed by atoms with Gasteiger partial charge in [0.25, 0.3) is 0 Å². The number of hydrogen-bond acceptors (Lipinski definition) is 2. The van der Waals surface area contributed by atoms with Crippen molar-refractivity contribution in [3.05, 3.63) is 30.1 Å². The molecule has 0 aliphatic heterocycles. The molecule has 0 bridgehead atoms. The summed E-state index contributed by atoms with van der Waals surface area (Å²) in [6.45, 7) is 2.65. The van der Waals surface area contributed by atoms with E-state index >= 15 is 0 Å². The van der Waals surface area contributed by atoms with Crippen LogP contribution < -0.4 is 10.1 Å². The number of ether oxygens (including phenoxy) is 1. The van der Waals surface area contributed by atoms with Crippen molar-refractivity contribution in [1.82, 2.24) is 10.2 Å². The summed E-state index contributed by atoms with van der Waals surface area (Å²) in [5, 5.41) is 3.21. The number of benzene rings is 1. The van der Waals surface area contributed by atoms with Crippen LogP contribution in [0.5, 0.6) is 5.75 Å². The van der Waals surface area contributed by atoms with E-state index in [0.29, 0.717) is 12.3 Å². The van der Waals surface area contributed by atoms with Crippen LogP contribution in [0, 0.1) is 5.82 Å². The maximum absolute atomic E-state index is 13.1. The van der Waals surface area contributed by atoms with E-state index in [1.54, 1.807) is 19.2 Å². The molecule has 1 atom stereocenters. The first-order valence-electron chi connectivity index (χ1n) is 6.37. The highest BCUT2D eigenvalue weighted by molar-refractivity contribution is 5.79. The van der Waals surface area contributed by atoms with Crippen molar-refractivity contribution >= 4 is 5.96 Å². The van der Waals surface area contributed by atoms with Gasteiger partial charge in [0.05, 0.1) is 6.54 Å². The van der Waals surface area contributed by atoms with Crippen LogP contribution in [0.3, 0.4) is 0 Å². The van der Waals surface area contributed by atoms with E-state index in [4.69, 9.17) is 4.74 Å². The number of rotatable bonds is 5. The van der Waals surface area contributed by atoms with Gasteiger partial charge in [-0.25, -0.2) is 4.39 Å². The lowest BCUT2D eigenvalue weighted by Gasteiger charge is -2.22. The van der Waals surface area contributed by atoms with Gasteiger partial charge in [-0.3, -0.25) is 4.99 Å². The number of nitrogens with zero attached hydrogens (tertiary/aromatic N) is 2. The summed E-state index contributed by atoms with van der Waals surface area (Å²) in [5.74, 6) is 1.05. The van der Waals surface area contributed by atoms with Crippen LogP contribution in [-0.2, 0) is 0 Å². The van der Waals surface area contributed by atoms with Crippen molar-refractivity contribution in [3.8, 4) is 5.75 Å². The van der Waals surface area contributed by atoms with Gasteiger partial charge < -0.3 is 15.0 Å². The molecule has 0 amide bonds. The molecule has 0 saturated heterocycles. The van der Waals surface area contributed by atoms with Crippen LogP contribution in [-0.4, -0.2) is 44.7 Å². The molecular formula is C14H22FN3O. The number of nitrogens with one attached hydrogen (secondary N) is 1. The highest BCUT2D eigenvalue weighted by Gasteiger charge is 2.10. The fourth-order valence-electron chi connectivity index (χ4n) is 1.64. The Kier molecular flexibility index (Phi) is 6.12. The fraction of sp³-hybridized carbons (Fsp3) is 0.500. The molecule has 0 heterocycles. The highest BCUT2D eigenvalue weighted by Crippen LogP contribution is 2.14. The topological polar surface area (TPSA) is 36.9 Å². The highest BCUT2D eigenvalue weighted by atomic mass is 19.1. The monoisotopic (exact) mass is 267 g/mol. The van der Waals surface area contributed by atoms with Crippen molar-refractivity contribution in [3.63, 3.8) is 0 Å². The molecule has 19 heavy (non-hydrogen) atoms. The average molecular weight is 267 g/mol. The van der Waals surface area contributed by atoms with E-state index in [2.05, 4.69) is 10.3 Å². The molecule has 0 radical (unpaired) electrons. The third-order valence-electron chi connectivity index (χ3n) is 2.68. The van der Waals surface area contributed by atoms with Gasteiger partial charge in [0.2, 0.25) is 0 Å². The third-order valence-corrected chi connectivity index (χ3v) is 2.68. The van der Waals surface area contributed by atoms with Crippen molar-refractivity contribution in [2.45, 2.75) is 19.4 Å². The Morgan fingerprint density at radius 1 is 1.47 bits per heavy atom. The van der Waals surface area contributed by atoms with E-state index in [0.717, 1.165) is 12.4 Å². The Bertz CT molecular complexity index is 421. The third kappa shape index (κ3) is 5.16. The maximum atomic E-state index is 13.1. The predicted octanol–water partition coefficient (Wildman–Crippen LogP) is 2.12. The lowest BCUT2D eigenvalue weighted by molar-refractivity contribution is 0.198. The van der Waals surface area contributed by atoms with Crippen molar-refractivity contribution in [2.24, 2.45) is 4.99 Å². The lowest BCUT2D eigenvalue weighted by Crippen LogP contribution is -2.41. The molecule has 0 spiro atoms. The molecule has 106 valence electrons. The molecule has 1 unspecified atom stereocenters. The Hall–Kier alpha value is -1.78. The normalized spacial score (nSPS) is 13.0. The minimum atomic E-state index is -0.288. The zero-order chi connectivity index (χ0) is 14.3. The Morgan fingerprint density at radius 3 is 2.74 bits per heavy atom. The van der Waals surface area contributed by atoms with Crippen LogP contribution in [0.4, 0.5) is 4.39 Å². The van der Waals surface area contributed by atoms with E-state index in [-0.39, 0.29) is 11.9 Å². The lowest BCUT2D eigenvalue weighted by atomic mass is 10.2. The standard InChI is InChI=1S/C14H22FN3O/c1-5-12(10-17-14(16-2)18(3)4)19-13-8-6-7-11(15)9-13/h6-9,12H,5,10H2,1-4H3,(H,16,17). The number of hydrogen-bond donors (Lipinski definition) is 1. The quantitative estimate of drug-likeness (QED) is 0.656. The summed E-state index contributed by atoms with van der Waals surface area (Å²) >= 11 is 0. The molecule has 4 nitrogen and oxygen atoms in total. The minimum absolute atomic E-state index is 0.0292. The van der Waals surface area contributed by atoms with Crippen molar-refractivity contribution in [2.75, 3.05) is 27.7 Å². The molecule has 0 saturated carbocycles. The first kappa shape index (κ1) is 15.3. The summed E-state index contributed by atoms with van der Waals surface area (Å²) in [7, 11) is 5.57. The number of halogens is 1. The first-order valence-corrected chi connectivity index (χ1v) is 6.37. The molecule has 1 N–H and O–H groups in total. The molecule has 0 aromatic heterocycles. The Labute approximate surface area is 114 Å². The van der Waals surface area contributed by atoms with E-state index in [9.17, 15) is 4.39 Å². The Balaban J connectivity index is 2.55. The second-order valence-electron chi connectivity index (χ2n) is 4.43. The van der Waals surface area contributed by atoms with Gasteiger partial charge in [0, 0.05) is 27.2 Å². The number of guanidine groups is 1. The van der Waals surface area contributed by atoms with Crippen LogP contribution in [0.2, 0.25) is 0 Å². The van der Waals surface area contributed by atoms with Gasteiger partial charge in [0.1, 0.15) is 17.7 Å². The zero-order valence-corrected chi connectivity index (χ0v) is 12.0. The summed E-state index contributed by atoms with van der Waals surface area (Å²) in [5.41, 5.74) is 0. The van der Waals surface area contributed by atoms with Gasteiger partial charge in [-0.1, -0.05) is 13.0 Å². The minimum Gasteiger partial charge on any atom is -0.489 e. The van der Waals surface area contributed by atoms with Gasteiger partial charge in [-0.05, 0) is 18.6 Å². The molecule has 0 aliphatic carbocycles. The zero-order valence-electron chi connectivity index (χ0n) is 12.0. The molecule has 1 rings (SSSR count). The average Bonchev–Trinajstić information content (AvgIpc) is 2.37. The Morgan fingerprint density at radius 2 is 2.21 bits per heavy atom. The maximum Gasteiger partial charge on any atom is 0.193 e. The number of aliphatic imine (C=N–C) groups is 1. The molecule has 0 fully saturated rings. The summed E-state index contributed by atoms with van der Waals surface area (Å²) in [4.78, 5) is 6.03. The molecule has 1 aromatic rings. The molecule has 0 aliphatic rings. The second kappa shape index (κ2) is 7.61. The van der Waals surface area contributed by atoms with E-state index in [1.807, 2.05) is 25.9 Å². The molecular weight excluding hydrogens is 245 g/mol. The van der Waals surface area contributed by atoms with Gasteiger partial charge in [-0.15, -0.1) is 0 Å². The second-order valence-corrected chi connectivity index (χ2v) is 4.43. The summed E-state index contributed by atoms with van der Waals surface area (Å²) in [6.07, 6.45) is 0.798. The van der Waals surface area contributed by atoms with Crippen LogP contribution in [0.1, 0.15) is 13.3 Å². The van der Waals surface area contributed by atoms with Crippen LogP contribution in [0.15, 0.2) is 29.3 Å². The van der Waals surface area contributed by atoms with Gasteiger partial charge in [-0.2, -0.15) is 0 Å². The summed E-state index contributed by atoms with van der Waals surface area (Å²) < 4.78 is 18.8. The smallest absolute Gasteiger partial charge is 0.193 e. The van der Waals surface area contributed by atoms with Crippen molar-refractivity contribution < 1.29 is 9.13 Å². The fourth-order valence-corrected chi connectivity index (χ4v) is 1.64. The van der Waals surface area contributed by atoms with Crippen LogP contribution in [0.25, 0.3) is 0 Å². The first-order chi connectivity index (χ1) is 9.06. The summed E-state index contributed by atoms with van der Waals surface area (Å²) in [6, 6.07) is 6.19. The van der Waals surface area contributed by atoms with Gasteiger partial charge in [0.15, 0.2) is 5.96 Å². The SMILES string of the molecule is CCC(CNC(=NC)N(C)C)Oc1cccc(F)c1.